The lowest BCUT2D eigenvalue weighted by Gasteiger charge is -2.52. The molecule has 0 saturated heterocycles. The van der Waals surface area contributed by atoms with Crippen LogP contribution >= 0.6 is 0 Å². The van der Waals surface area contributed by atoms with Gasteiger partial charge in [-0.1, -0.05) is 13.8 Å². The third kappa shape index (κ3) is 3.13. The number of fused-ring (bicyclic) bond motifs is 4. The van der Waals surface area contributed by atoms with E-state index in [2.05, 4.69) is 11.1 Å². The summed E-state index contributed by atoms with van der Waals surface area (Å²) in [6, 6.07) is 2.31. The molecule has 5 rings (SSSR count). The summed E-state index contributed by atoms with van der Waals surface area (Å²) >= 11 is 0. The number of aromatic nitrogens is 4. The van der Waals surface area contributed by atoms with Crippen LogP contribution in [0.4, 0.5) is 0 Å². The Morgan fingerprint density at radius 3 is 2.24 bits per heavy atom. The van der Waals surface area contributed by atoms with Crippen molar-refractivity contribution in [2.75, 3.05) is 0 Å². The molecule has 3 saturated carbocycles. The number of nitrogens with one attached hydrogen (secondary N) is 1. The van der Waals surface area contributed by atoms with E-state index in [4.69, 9.17) is 10.2 Å². The van der Waals surface area contributed by atoms with Gasteiger partial charge in [-0.2, -0.15) is 5.26 Å². The summed E-state index contributed by atoms with van der Waals surface area (Å²) in [6.45, 7) is 5.00. The van der Waals surface area contributed by atoms with Crippen molar-refractivity contribution in [3.8, 4) is 6.07 Å². The van der Waals surface area contributed by atoms with E-state index in [0.717, 1.165) is 63.6 Å². The fourth-order valence-corrected chi connectivity index (χ4v) is 5.58. The Morgan fingerprint density at radius 1 is 1.03 bits per heavy atom. The number of nitrogens with zero attached hydrogens (tertiary/aromatic N) is 4. The number of hydrogen-bond donors (Lipinski definition) is 1. The number of nitriles is 1. The molecule has 3 fully saturated rings. The largest absolute Gasteiger partial charge is 0.336 e. The molecular weight excluding hydrogens is 366 g/mol. The minimum atomic E-state index is -0.246. The van der Waals surface area contributed by atoms with Crippen molar-refractivity contribution in [2.24, 2.45) is 5.41 Å². The van der Waals surface area contributed by atoms with Crippen molar-refractivity contribution < 1.29 is 0 Å². The van der Waals surface area contributed by atoms with Crippen molar-refractivity contribution in [3.05, 3.63) is 26.7 Å². The van der Waals surface area contributed by atoms with Crippen molar-refractivity contribution in [3.63, 3.8) is 0 Å². The standard InChI is InChI=1S/C22H31N5O2/c1-3-14-26-17-16(18(28)27(15-4-2)20(26)29)24-19(25-17)22-10-7-21(8-11-22,9-12-22)6-5-13-23/h3-12,14-15H2,1-2H3,(H,24,25). The Morgan fingerprint density at radius 2 is 1.66 bits per heavy atom. The number of H-pyrrole nitrogens is 1. The highest BCUT2D eigenvalue weighted by atomic mass is 16.2. The van der Waals surface area contributed by atoms with Crippen LogP contribution in [0.5, 0.6) is 0 Å². The summed E-state index contributed by atoms with van der Waals surface area (Å²) in [4.78, 5) is 34.2. The van der Waals surface area contributed by atoms with Gasteiger partial charge >= 0.3 is 5.69 Å². The molecule has 2 heterocycles. The van der Waals surface area contributed by atoms with Crippen LogP contribution in [0.15, 0.2) is 9.59 Å². The summed E-state index contributed by atoms with van der Waals surface area (Å²) in [5.41, 5.74) is 0.798. The molecule has 3 aliphatic rings. The van der Waals surface area contributed by atoms with Gasteiger partial charge in [0.1, 0.15) is 11.3 Å². The average molecular weight is 398 g/mol. The van der Waals surface area contributed by atoms with Gasteiger partial charge in [-0.25, -0.2) is 9.78 Å². The summed E-state index contributed by atoms with van der Waals surface area (Å²) < 4.78 is 3.03. The summed E-state index contributed by atoms with van der Waals surface area (Å²) in [5.74, 6) is 0.886. The van der Waals surface area contributed by atoms with Gasteiger partial charge < -0.3 is 4.98 Å². The highest BCUT2D eigenvalue weighted by Gasteiger charge is 2.50. The van der Waals surface area contributed by atoms with E-state index in [-0.39, 0.29) is 16.7 Å². The zero-order valence-corrected chi connectivity index (χ0v) is 17.6. The SMILES string of the molecule is CCCn1c(=O)c2[nH]c(C34CCC(CCC#N)(CC3)CC4)nc2n(CCC)c1=O. The van der Waals surface area contributed by atoms with E-state index in [9.17, 15) is 9.59 Å². The fraction of sp³-hybridized carbons (Fsp3) is 0.727. The molecule has 7 nitrogen and oxygen atoms in total. The Labute approximate surface area is 170 Å². The molecule has 0 unspecified atom stereocenters. The predicted octanol–water partition coefficient (Wildman–Crippen LogP) is 3.60. The van der Waals surface area contributed by atoms with Crippen LogP contribution in [-0.2, 0) is 18.5 Å². The maximum Gasteiger partial charge on any atom is 0.332 e. The average Bonchev–Trinajstić information content (AvgIpc) is 3.20. The minimum Gasteiger partial charge on any atom is -0.336 e. The van der Waals surface area contributed by atoms with Crippen LogP contribution in [0.2, 0.25) is 0 Å². The van der Waals surface area contributed by atoms with Crippen LogP contribution in [-0.4, -0.2) is 19.1 Å². The topological polar surface area (TPSA) is 96.5 Å². The third-order valence-corrected chi connectivity index (χ3v) is 7.43. The molecule has 2 aromatic rings. The van der Waals surface area contributed by atoms with Gasteiger partial charge in [0.25, 0.3) is 5.56 Å². The van der Waals surface area contributed by atoms with E-state index in [1.165, 1.54) is 4.57 Å². The molecule has 3 aliphatic carbocycles. The molecule has 2 bridgehead atoms. The van der Waals surface area contributed by atoms with Gasteiger partial charge in [-0.05, 0) is 63.2 Å². The Hall–Kier alpha value is -2.36. The van der Waals surface area contributed by atoms with Gasteiger partial charge in [0, 0.05) is 24.9 Å². The van der Waals surface area contributed by atoms with E-state index in [1.54, 1.807) is 4.57 Å². The highest BCUT2D eigenvalue weighted by molar-refractivity contribution is 5.70. The molecule has 0 atom stereocenters. The summed E-state index contributed by atoms with van der Waals surface area (Å²) in [6.07, 6.45) is 9.67. The van der Waals surface area contributed by atoms with Gasteiger partial charge in [-0.3, -0.25) is 13.9 Å². The number of aromatic amines is 1. The van der Waals surface area contributed by atoms with Crippen LogP contribution in [0, 0.1) is 16.7 Å². The lowest BCUT2D eigenvalue weighted by atomic mass is 9.52. The highest BCUT2D eigenvalue weighted by Crippen LogP contribution is 2.58. The Balaban J connectivity index is 1.76. The van der Waals surface area contributed by atoms with Crippen molar-refractivity contribution in [1.29, 1.82) is 5.26 Å². The molecule has 1 N–H and O–H groups in total. The maximum absolute atomic E-state index is 13.0. The Kier molecular flexibility index (Phi) is 5.14. The molecule has 29 heavy (non-hydrogen) atoms. The normalized spacial score (nSPS) is 26.1. The molecule has 0 aromatic carbocycles. The van der Waals surface area contributed by atoms with Gasteiger partial charge in [0.05, 0.1) is 6.07 Å². The van der Waals surface area contributed by atoms with E-state index in [0.29, 0.717) is 36.1 Å². The lowest BCUT2D eigenvalue weighted by Crippen LogP contribution is -2.44. The van der Waals surface area contributed by atoms with Crippen molar-refractivity contribution >= 4 is 11.2 Å². The molecule has 2 aromatic heterocycles. The van der Waals surface area contributed by atoms with Crippen molar-refractivity contribution in [1.82, 2.24) is 19.1 Å². The zero-order chi connectivity index (χ0) is 20.6. The second-order valence-corrected chi connectivity index (χ2v) is 9.11. The lowest BCUT2D eigenvalue weighted by molar-refractivity contribution is 0.0300. The molecule has 0 amide bonds. The van der Waals surface area contributed by atoms with Gasteiger partial charge in [0.2, 0.25) is 0 Å². The number of rotatable bonds is 7. The number of hydrogen-bond acceptors (Lipinski definition) is 4. The summed E-state index contributed by atoms with van der Waals surface area (Å²) in [5, 5.41) is 8.98. The first-order valence-corrected chi connectivity index (χ1v) is 11.1. The first-order valence-electron chi connectivity index (χ1n) is 11.1. The molecular formula is C22H31N5O2. The smallest absolute Gasteiger partial charge is 0.332 e. The molecule has 0 aliphatic heterocycles. The molecule has 0 spiro atoms. The third-order valence-electron chi connectivity index (χ3n) is 7.43. The Bertz CT molecular complexity index is 1040. The van der Waals surface area contributed by atoms with Gasteiger partial charge in [-0.15, -0.1) is 0 Å². The van der Waals surface area contributed by atoms with Crippen LogP contribution < -0.4 is 11.2 Å². The van der Waals surface area contributed by atoms with E-state index >= 15 is 0 Å². The van der Waals surface area contributed by atoms with Gasteiger partial charge in [0.15, 0.2) is 5.65 Å². The molecule has 7 heteroatoms. The second kappa shape index (κ2) is 7.47. The number of aryl methyl sites for hydroxylation is 1. The second-order valence-electron chi connectivity index (χ2n) is 9.11. The van der Waals surface area contributed by atoms with E-state index in [1.807, 2.05) is 13.8 Å². The summed E-state index contributed by atoms with van der Waals surface area (Å²) in [7, 11) is 0. The molecule has 156 valence electrons. The van der Waals surface area contributed by atoms with Crippen LogP contribution in [0.25, 0.3) is 11.2 Å². The predicted molar refractivity (Wildman–Crippen MR) is 112 cm³/mol. The fourth-order valence-electron chi connectivity index (χ4n) is 5.58. The van der Waals surface area contributed by atoms with E-state index < -0.39 is 0 Å². The molecule has 0 radical (unpaired) electrons. The zero-order valence-electron chi connectivity index (χ0n) is 17.6. The van der Waals surface area contributed by atoms with Crippen molar-refractivity contribution in [2.45, 2.75) is 96.6 Å². The first-order chi connectivity index (χ1) is 14.0. The monoisotopic (exact) mass is 397 g/mol. The quantitative estimate of drug-likeness (QED) is 0.772. The first kappa shape index (κ1) is 19.9. The minimum absolute atomic E-state index is 0.0253. The maximum atomic E-state index is 13.0. The van der Waals surface area contributed by atoms with Crippen LogP contribution in [0.1, 0.15) is 83.9 Å². The van der Waals surface area contributed by atoms with Crippen LogP contribution in [0.3, 0.4) is 0 Å². The number of imidazole rings is 1.